The number of carbonyl (C=O) groups excluding carboxylic acids is 1. The van der Waals surface area contributed by atoms with Gasteiger partial charge in [0, 0.05) is 16.6 Å². The highest BCUT2D eigenvalue weighted by Crippen LogP contribution is 2.17. The van der Waals surface area contributed by atoms with Crippen molar-refractivity contribution in [2.45, 2.75) is 13.5 Å². The molecule has 2 heterocycles. The minimum atomic E-state index is -0.245. The Kier molecular flexibility index (Phi) is 4.43. The number of nitrogens with one attached hydrogen (secondary N) is 1. The number of rotatable bonds is 5. The first-order valence-corrected chi connectivity index (χ1v) is 8.14. The second kappa shape index (κ2) is 6.66. The van der Waals surface area contributed by atoms with Crippen molar-refractivity contribution in [2.24, 2.45) is 0 Å². The molecule has 3 rings (SSSR count). The van der Waals surface area contributed by atoms with Gasteiger partial charge in [0.1, 0.15) is 12.3 Å². The van der Waals surface area contributed by atoms with Gasteiger partial charge in [-0.3, -0.25) is 9.59 Å². The normalized spacial score (nSPS) is 10.7. The van der Waals surface area contributed by atoms with E-state index in [1.807, 2.05) is 18.4 Å². The Balaban J connectivity index is 1.70. The Morgan fingerprint density at radius 3 is 2.74 bits per heavy atom. The van der Waals surface area contributed by atoms with E-state index in [9.17, 15) is 9.59 Å². The number of ether oxygens (including phenoxy) is 1. The van der Waals surface area contributed by atoms with E-state index in [0.29, 0.717) is 17.7 Å². The monoisotopic (exact) mass is 328 g/mol. The fourth-order valence-electron chi connectivity index (χ4n) is 2.29. The van der Waals surface area contributed by atoms with E-state index in [0.717, 1.165) is 10.4 Å². The molecule has 0 aliphatic carbocycles. The van der Waals surface area contributed by atoms with Crippen molar-refractivity contribution < 1.29 is 9.53 Å². The van der Waals surface area contributed by atoms with Crippen molar-refractivity contribution in [1.29, 1.82) is 0 Å². The van der Waals surface area contributed by atoms with Crippen LogP contribution in [0.2, 0.25) is 0 Å². The van der Waals surface area contributed by atoms with Gasteiger partial charge in [0.15, 0.2) is 0 Å². The van der Waals surface area contributed by atoms with Crippen molar-refractivity contribution in [3.8, 4) is 5.75 Å². The number of fused-ring (bicyclic) bond motifs is 1. The van der Waals surface area contributed by atoms with E-state index >= 15 is 0 Å². The Hall–Kier alpha value is -2.60. The molecule has 5 nitrogen and oxygen atoms in total. The van der Waals surface area contributed by atoms with Gasteiger partial charge < -0.3 is 14.6 Å². The van der Waals surface area contributed by atoms with Gasteiger partial charge in [0.25, 0.3) is 5.56 Å². The van der Waals surface area contributed by atoms with E-state index in [2.05, 4.69) is 5.32 Å². The average molecular weight is 328 g/mol. The van der Waals surface area contributed by atoms with Gasteiger partial charge in [0.2, 0.25) is 5.91 Å². The summed E-state index contributed by atoms with van der Waals surface area (Å²) in [5.41, 5.74) is 0.522. The number of pyridine rings is 1. The summed E-state index contributed by atoms with van der Waals surface area (Å²) < 4.78 is 7.70. The smallest absolute Gasteiger partial charge is 0.259 e. The van der Waals surface area contributed by atoms with E-state index in [-0.39, 0.29) is 18.0 Å². The third-order valence-corrected chi connectivity index (χ3v) is 4.24. The summed E-state index contributed by atoms with van der Waals surface area (Å²) >= 11 is 1.51. The van der Waals surface area contributed by atoms with Gasteiger partial charge >= 0.3 is 0 Å². The second-order valence-electron chi connectivity index (χ2n) is 4.95. The highest BCUT2D eigenvalue weighted by molar-refractivity contribution is 7.17. The molecule has 0 spiro atoms. The summed E-state index contributed by atoms with van der Waals surface area (Å²) in [4.78, 5) is 24.4. The van der Waals surface area contributed by atoms with Gasteiger partial charge in [0.05, 0.1) is 12.0 Å². The third-order valence-electron chi connectivity index (χ3n) is 3.36. The topological polar surface area (TPSA) is 60.3 Å². The lowest BCUT2D eigenvalue weighted by Crippen LogP contribution is -2.26. The molecule has 0 radical (unpaired) electrons. The Morgan fingerprint density at radius 2 is 2.00 bits per heavy atom. The molecule has 0 fully saturated rings. The molecule has 0 unspecified atom stereocenters. The van der Waals surface area contributed by atoms with Crippen LogP contribution in [0.15, 0.2) is 52.8 Å². The molecule has 0 aliphatic heterocycles. The highest BCUT2D eigenvalue weighted by Gasteiger charge is 2.08. The fraction of sp³-hybridized carbons (Fsp3) is 0.176. The van der Waals surface area contributed by atoms with Crippen LogP contribution < -0.4 is 15.6 Å². The average Bonchev–Trinajstić information content (AvgIpc) is 3.02. The summed E-state index contributed by atoms with van der Waals surface area (Å²) in [5, 5.41) is 5.29. The lowest BCUT2D eigenvalue weighted by atomic mass is 10.3. The van der Waals surface area contributed by atoms with Crippen LogP contribution in [0.4, 0.5) is 5.69 Å². The molecule has 0 atom stereocenters. The third kappa shape index (κ3) is 3.43. The summed E-state index contributed by atoms with van der Waals surface area (Å²) in [6.07, 6.45) is 1.65. The molecule has 3 aromatic rings. The minimum absolute atomic E-state index is 0.0160. The van der Waals surface area contributed by atoms with Gasteiger partial charge in [-0.25, -0.2) is 0 Å². The number of hydrogen-bond donors (Lipinski definition) is 1. The Labute approximate surface area is 137 Å². The van der Waals surface area contributed by atoms with Crippen LogP contribution >= 0.6 is 11.3 Å². The Morgan fingerprint density at radius 1 is 1.22 bits per heavy atom. The van der Waals surface area contributed by atoms with E-state index < -0.39 is 0 Å². The minimum Gasteiger partial charge on any atom is -0.494 e. The van der Waals surface area contributed by atoms with Gasteiger partial charge in [-0.1, -0.05) is 0 Å². The second-order valence-corrected chi connectivity index (χ2v) is 5.90. The number of amides is 1. The molecule has 6 heteroatoms. The predicted octanol–water partition coefficient (Wildman–Crippen LogP) is 3.10. The molecule has 2 aromatic heterocycles. The van der Waals surface area contributed by atoms with E-state index in [4.69, 9.17) is 4.74 Å². The predicted molar refractivity (Wildman–Crippen MR) is 92.3 cm³/mol. The molecule has 0 bridgehead atoms. The van der Waals surface area contributed by atoms with Crippen molar-refractivity contribution in [3.05, 3.63) is 58.3 Å². The molecule has 0 aliphatic rings. The molecule has 23 heavy (non-hydrogen) atoms. The van der Waals surface area contributed by atoms with Crippen LogP contribution in [-0.2, 0) is 11.3 Å². The molecule has 0 saturated heterocycles. The first-order chi connectivity index (χ1) is 11.2. The van der Waals surface area contributed by atoms with Crippen LogP contribution in [0.3, 0.4) is 0 Å². The Bertz CT molecular complexity index is 881. The molecule has 1 amide bonds. The van der Waals surface area contributed by atoms with Crippen LogP contribution in [0.5, 0.6) is 5.75 Å². The number of carbonyl (C=O) groups is 1. The van der Waals surface area contributed by atoms with Crippen molar-refractivity contribution in [1.82, 2.24) is 4.57 Å². The molecule has 1 N–H and O–H groups in total. The quantitative estimate of drug-likeness (QED) is 0.783. The van der Waals surface area contributed by atoms with E-state index in [1.165, 1.54) is 15.9 Å². The first kappa shape index (κ1) is 15.3. The zero-order chi connectivity index (χ0) is 16.2. The maximum Gasteiger partial charge on any atom is 0.259 e. The zero-order valence-corrected chi connectivity index (χ0v) is 13.4. The molecule has 0 saturated carbocycles. The van der Waals surface area contributed by atoms with Crippen LogP contribution in [0.25, 0.3) is 10.1 Å². The molecular formula is C17H16N2O3S. The van der Waals surface area contributed by atoms with Crippen molar-refractivity contribution in [2.75, 3.05) is 11.9 Å². The van der Waals surface area contributed by atoms with Gasteiger partial charge in [-0.05, 0) is 48.7 Å². The van der Waals surface area contributed by atoms with Gasteiger partial charge in [-0.2, -0.15) is 0 Å². The largest absolute Gasteiger partial charge is 0.494 e. The number of nitrogens with zero attached hydrogens (tertiary/aromatic N) is 1. The standard InChI is InChI=1S/C17H16N2O3S/c1-2-22-13-5-3-12(4-6-13)18-16(20)11-19-9-7-15-14(17(19)21)8-10-23-15/h3-10H,2,11H2,1H3,(H,18,20). The van der Waals surface area contributed by atoms with E-state index in [1.54, 1.807) is 36.5 Å². The molecule has 118 valence electrons. The van der Waals surface area contributed by atoms with Gasteiger partial charge in [-0.15, -0.1) is 11.3 Å². The number of anilines is 1. The first-order valence-electron chi connectivity index (χ1n) is 7.26. The molecular weight excluding hydrogens is 312 g/mol. The van der Waals surface area contributed by atoms with Crippen molar-refractivity contribution in [3.63, 3.8) is 0 Å². The summed E-state index contributed by atoms with van der Waals surface area (Å²) in [6.45, 7) is 2.50. The maximum atomic E-state index is 12.3. The van der Waals surface area contributed by atoms with Crippen LogP contribution in [0, 0.1) is 0 Å². The zero-order valence-electron chi connectivity index (χ0n) is 12.6. The fourth-order valence-corrected chi connectivity index (χ4v) is 3.06. The lowest BCUT2D eigenvalue weighted by molar-refractivity contribution is -0.116. The number of hydrogen-bond acceptors (Lipinski definition) is 4. The highest BCUT2D eigenvalue weighted by atomic mass is 32.1. The SMILES string of the molecule is CCOc1ccc(NC(=O)Cn2ccc3sccc3c2=O)cc1. The van der Waals surface area contributed by atoms with Crippen molar-refractivity contribution >= 4 is 33.0 Å². The lowest BCUT2D eigenvalue weighted by Gasteiger charge is -2.08. The van der Waals surface area contributed by atoms with Crippen LogP contribution in [-0.4, -0.2) is 17.1 Å². The van der Waals surface area contributed by atoms with Crippen LogP contribution in [0.1, 0.15) is 6.92 Å². The summed E-state index contributed by atoms with van der Waals surface area (Å²) in [5.74, 6) is 0.510. The number of aromatic nitrogens is 1. The summed E-state index contributed by atoms with van der Waals surface area (Å²) in [7, 11) is 0. The number of thiophene rings is 1. The summed E-state index contributed by atoms with van der Waals surface area (Å²) in [6, 6.07) is 10.8. The molecule has 1 aromatic carbocycles. The number of benzene rings is 1. The maximum absolute atomic E-state index is 12.3.